The smallest absolute Gasteiger partial charge is 0.261 e. The van der Waals surface area contributed by atoms with Crippen molar-refractivity contribution in [3.05, 3.63) is 75.3 Å². The first kappa shape index (κ1) is 14.4. The number of aromatic nitrogens is 2. The highest BCUT2D eigenvalue weighted by molar-refractivity contribution is 5.85. The molecule has 0 aliphatic carbocycles. The van der Waals surface area contributed by atoms with Crippen LogP contribution >= 0.6 is 0 Å². The lowest BCUT2D eigenvalue weighted by atomic mass is 10.0. The molecule has 1 aliphatic rings. The Bertz CT molecular complexity index is 1100. The molecule has 0 N–H and O–H groups in total. The van der Waals surface area contributed by atoms with E-state index in [1.165, 1.54) is 5.56 Å². The average Bonchev–Trinajstić information content (AvgIpc) is 3.00. The van der Waals surface area contributed by atoms with Crippen molar-refractivity contribution in [2.45, 2.75) is 19.9 Å². The number of allylic oxidation sites excluding steroid dienone is 1. The van der Waals surface area contributed by atoms with Gasteiger partial charge in [0.15, 0.2) is 0 Å². The van der Waals surface area contributed by atoms with E-state index in [1.807, 2.05) is 12.1 Å². The van der Waals surface area contributed by atoms with Crippen LogP contribution in [0.1, 0.15) is 28.9 Å². The first-order valence-electron chi connectivity index (χ1n) is 7.88. The molecule has 0 saturated heterocycles. The fourth-order valence-corrected chi connectivity index (χ4v) is 3.16. The molecule has 4 rings (SSSR count). The zero-order valence-corrected chi connectivity index (χ0v) is 13.3. The summed E-state index contributed by atoms with van der Waals surface area (Å²) in [7, 11) is 0. The lowest BCUT2D eigenvalue weighted by molar-refractivity contribution is 0.725. The lowest BCUT2D eigenvalue weighted by Crippen LogP contribution is -2.20. The summed E-state index contributed by atoms with van der Waals surface area (Å²) >= 11 is 0. The summed E-state index contributed by atoms with van der Waals surface area (Å²) in [5, 5.41) is 9.53. The van der Waals surface area contributed by atoms with Crippen molar-refractivity contribution in [3.63, 3.8) is 0 Å². The summed E-state index contributed by atoms with van der Waals surface area (Å²) in [5.74, 6) is 0.737. The van der Waals surface area contributed by atoms with Crippen LogP contribution in [0.5, 0.6) is 0 Å². The molecule has 3 aromatic rings. The van der Waals surface area contributed by atoms with Gasteiger partial charge in [0, 0.05) is 6.54 Å². The summed E-state index contributed by atoms with van der Waals surface area (Å²) in [5.41, 5.74) is 4.48. The summed E-state index contributed by atoms with van der Waals surface area (Å²) in [6.07, 6.45) is 2.91. The van der Waals surface area contributed by atoms with Crippen molar-refractivity contribution in [2.24, 2.45) is 0 Å². The van der Waals surface area contributed by atoms with E-state index >= 15 is 0 Å². The van der Waals surface area contributed by atoms with Crippen LogP contribution in [0.2, 0.25) is 0 Å². The molecule has 0 fully saturated rings. The van der Waals surface area contributed by atoms with Crippen LogP contribution in [0.15, 0.2) is 47.3 Å². The summed E-state index contributed by atoms with van der Waals surface area (Å²) in [4.78, 5) is 17.4. The second-order valence-electron chi connectivity index (χ2n) is 6.01. The zero-order chi connectivity index (χ0) is 16.7. The lowest BCUT2D eigenvalue weighted by Gasteiger charge is -2.06. The van der Waals surface area contributed by atoms with Crippen LogP contribution in [0, 0.1) is 18.3 Å². The molecule has 2 heterocycles. The minimum Gasteiger partial charge on any atom is -0.292 e. The Morgan fingerprint density at radius 3 is 2.88 bits per heavy atom. The molecule has 0 saturated carbocycles. The van der Waals surface area contributed by atoms with Crippen LogP contribution in [0.25, 0.3) is 22.6 Å². The van der Waals surface area contributed by atoms with Gasteiger partial charge in [0.25, 0.3) is 5.56 Å². The van der Waals surface area contributed by atoms with Gasteiger partial charge in [-0.05, 0) is 54.3 Å². The van der Waals surface area contributed by atoms with Gasteiger partial charge < -0.3 is 0 Å². The molecule has 0 atom stereocenters. The molecule has 4 heteroatoms. The maximum absolute atomic E-state index is 12.7. The van der Waals surface area contributed by atoms with E-state index in [1.54, 1.807) is 22.8 Å². The molecule has 4 nitrogen and oxygen atoms in total. The third kappa shape index (κ3) is 2.22. The summed E-state index contributed by atoms with van der Waals surface area (Å²) < 4.78 is 1.72. The quantitative estimate of drug-likeness (QED) is 0.690. The average molecular weight is 313 g/mol. The zero-order valence-electron chi connectivity index (χ0n) is 13.3. The topological polar surface area (TPSA) is 58.7 Å². The Kier molecular flexibility index (Phi) is 3.28. The van der Waals surface area contributed by atoms with Crippen molar-refractivity contribution in [1.29, 1.82) is 5.26 Å². The standard InChI is InChI=1S/C20H15N3O/c1-13-4-2-3-5-15(13)11-16-8-9-23-19(16)22-18-7-6-14(12-21)10-17(18)20(23)24/h2-7,10-11H,8-9H2,1H3/b16-11+. The molecular formula is C20H15N3O. The molecule has 0 unspecified atom stereocenters. The van der Waals surface area contributed by atoms with Crippen molar-refractivity contribution in [3.8, 4) is 6.07 Å². The number of aryl methyl sites for hydroxylation is 1. The maximum Gasteiger partial charge on any atom is 0.261 e. The number of rotatable bonds is 1. The van der Waals surface area contributed by atoms with E-state index in [2.05, 4.69) is 36.2 Å². The fraction of sp³-hybridized carbons (Fsp3) is 0.150. The van der Waals surface area contributed by atoms with Crippen LogP contribution in [0.3, 0.4) is 0 Å². The highest BCUT2D eigenvalue weighted by Crippen LogP contribution is 2.28. The normalized spacial score (nSPS) is 14.8. The monoisotopic (exact) mass is 313 g/mol. The van der Waals surface area contributed by atoms with Gasteiger partial charge in [-0.15, -0.1) is 0 Å². The Labute approximate surface area is 139 Å². The minimum atomic E-state index is -0.0692. The van der Waals surface area contributed by atoms with E-state index in [0.29, 0.717) is 23.0 Å². The molecule has 116 valence electrons. The number of nitrogens with zero attached hydrogens (tertiary/aromatic N) is 3. The molecular weight excluding hydrogens is 298 g/mol. The number of nitriles is 1. The Hall–Kier alpha value is -3.19. The van der Waals surface area contributed by atoms with Gasteiger partial charge in [0.1, 0.15) is 5.82 Å². The minimum absolute atomic E-state index is 0.0692. The van der Waals surface area contributed by atoms with Gasteiger partial charge >= 0.3 is 0 Å². The Morgan fingerprint density at radius 1 is 1.25 bits per heavy atom. The Morgan fingerprint density at radius 2 is 2.08 bits per heavy atom. The second-order valence-corrected chi connectivity index (χ2v) is 6.01. The van der Waals surface area contributed by atoms with Gasteiger partial charge in [-0.3, -0.25) is 9.36 Å². The van der Waals surface area contributed by atoms with E-state index in [9.17, 15) is 4.79 Å². The molecule has 24 heavy (non-hydrogen) atoms. The molecule has 0 bridgehead atoms. The molecule has 1 aromatic heterocycles. The molecule has 2 aromatic carbocycles. The van der Waals surface area contributed by atoms with E-state index in [4.69, 9.17) is 5.26 Å². The van der Waals surface area contributed by atoms with Crippen molar-refractivity contribution in [1.82, 2.24) is 9.55 Å². The Balaban J connectivity index is 1.92. The van der Waals surface area contributed by atoms with Crippen molar-refractivity contribution in [2.75, 3.05) is 0 Å². The largest absolute Gasteiger partial charge is 0.292 e. The van der Waals surface area contributed by atoms with Gasteiger partial charge in [0.05, 0.1) is 22.5 Å². The molecule has 1 aliphatic heterocycles. The highest BCUT2D eigenvalue weighted by Gasteiger charge is 2.21. The predicted octanol–water partition coefficient (Wildman–Crippen LogP) is 3.52. The van der Waals surface area contributed by atoms with Crippen LogP contribution < -0.4 is 5.56 Å². The second kappa shape index (κ2) is 5.47. The summed E-state index contributed by atoms with van der Waals surface area (Å²) in [6, 6.07) is 15.3. The third-order valence-electron chi connectivity index (χ3n) is 4.49. The van der Waals surface area contributed by atoms with E-state index < -0.39 is 0 Å². The molecule has 0 radical (unpaired) electrons. The molecule has 0 amide bonds. The van der Waals surface area contributed by atoms with Gasteiger partial charge in [0.2, 0.25) is 0 Å². The molecule has 0 spiro atoms. The first-order chi connectivity index (χ1) is 11.7. The third-order valence-corrected chi connectivity index (χ3v) is 4.49. The number of hydrogen-bond acceptors (Lipinski definition) is 3. The van der Waals surface area contributed by atoms with Crippen LogP contribution in [-0.2, 0) is 6.54 Å². The van der Waals surface area contributed by atoms with Gasteiger partial charge in [-0.2, -0.15) is 5.26 Å². The van der Waals surface area contributed by atoms with E-state index in [0.717, 1.165) is 23.4 Å². The van der Waals surface area contributed by atoms with Crippen molar-refractivity contribution < 1.29 is 0 Å². The number of fused-ring (bicyclic) bond motifs is 2. The fourth-order valence-electron chi connectivity index (χ4n) is 3.16. The predicted molar refractivity (Wildman–Crippen MR) is 94.4 cm³/mol. The number of benzene rings is 2. The number of hydrogen-bond donors (Lipinski definition) is 0. The maximum atomic E-state index is 12.7. The van der Waals surface area contributed by atoms with Crippen LogP contribution in [0.4, 0.5) is 0 Å². The van der Waals surface area contributed by atoms with E-state index in [-0.39, 0.29) is 5.56 Å². The van der Waals surface area contributed by atoms with Gasteiger partial charge in [-0.25, -0.2) is 4.98 Å². The highest BCUT2D eigenvalue weighted by atomic mass is 16.1. The SMILES string of the molecule is Cc1ccccc1/C=C1\CCn2c1nc1ccc(C#N)cc1c2=O. The first-order valence-corrected chi connectivity index (χ1v) is 7.88. The van der Waals surface area contributed by atoms with Crippen molar-refractivity contribution >= 4 is 22.6 Å². The van der Waals surface area contributed by atoms with Crippen LogP contribution in [-0.4, -0.2) is 9.55 Å². The summed E-state index contributed by atoms with van der Waals surface area (Å²) in [6.45, 7) is 2.71. The van der Waals surface area contributed by atoms with Gasteiger partial charge in [-0.1, -0.05) is 24.3 Å².